The molecule has 0 saturated heterocycles. The van der Waals surface area contributed by atoms with Crippen LogP contribution in [-0.4, -0.2) is 11.1 Å². The topological polar surface area (TPSA) is 17.0 Å². The fourth-order valence-electron chi connectivity index (χ4n) is 3.78. The van der Waals surface area contributed by atoms with E-state index in [1.165, 1.54) is 35.7 Å². The molecule has 2 aliphatic rings. The first-order chi connectivity index (χ1) is 8.88. The first kappa shape index (κ1) is 10.6. The van der Waals surface area contributed by atoms with Crippen LogP contribution in [0.3, 0.4) is 0 Å². The highest BCUT2D eigenvalue weighted by Gasteiger charge is 2.29. The van der Waals surface area contributed by atoms with E-state index in [4.69, 9.17) is 0 Å². The zero-order chi connectivity index (χ0) is 12.1. The predicted octanol–water partition coefficient (Wildman–Crippen LogP) is 3.18. The molecule has 0 bridgehead atoms. The molecule has 0 saturated carbocycles. The Morgan fingerprint density at radius 3 is 3.22 bits per heavy atom. The minimum atomic E-state index is 0.611. The van der Waals surface area contributed by atoms with Crippen LogP contribution in [0.15, 0.2) is 18.2 Å². The Bertz CT molecular complexity index is 607. The van der Waals surface area contributed by atoms with Crippen LogP contribution in [0.5, 0.6) is 0 Å². The lowest BCUT2D eigenvalue weighted by atomic mass is 9.90. The Morgan fingerprint density at radius 1 is 1.39 bits per heavy atom. The lowest BCUT2D eigenvalue weighted by Gasteiger charge is -2.31. The molecule has 94 valence electrons. The predicted molar refractivity (Wildman–Crippen MR) is 75.0 cm³/mol. The molecule has 1 aliphatic carbocycles. The minimum absolute atomic E-state index is 0.611. The zero-order valence-electron chi connectivity index (χ0n) is 11.0. The lowest BCUT2D eigenvalue weighted by molar-refractivity contribution is 0.384. The molecule has 18 heavy (non-hydrogen) atoms. The van der Waals surface area contributed by atoms with Gasteiger partial charge in [-0.05, 0) is 48.9 Å². The van der Waals surface area contributed by atoms with E-state index in [0.717, 1.165) is 19.5 Å². The number of nitrogens with one attached hydrogen (secondary N) is 1. The summed E-state index contributed by atoms with van der Waals surface area (Å²) in [6.45, 7) is 4.50. The summed E-state index contributed by atoms with van der Waals surface area (Å²) in [4.78, 5) is 0. The Hall–Kier alpha value is -1.28. The van der Waals surface area contributed by atoms with Crippen LogP contribution in [-0.2, 0) is 19.4 Å². The normalized spacial score (nSPS) is 22.2. The molecule has 1 atom stereocenters. The van der Waals surface area contributed by atoms with Gasteiger partial charge in [0.05, 0.1) is 0 Å². The van der Waals surface area contributed by atoms with Gasteiger partial charge < -0.3 is 9.88 Å². The molecule has 4 rings (SSSR count). The van der Waals surface area contributed by atoms with Crippen LogP contribution in [0.25, 0.3) is 10.9 Å². The van der Waals surface area contributed by atoms with Gasteiger partial charge in [0.2, 0.25) is 0 Å². The van der Waals surface area contributed by atoms with Gasteiger partial charge in [0, 0.05) is 35.7 Å². The molecule has 2 heterocycles. The number of aryl methyl sites for hydroxylation is 2. The van der Waals surface area contributed by atoms with Crippen LogP contribution in [0, 0.1) is 0 Å². The number of aromatic nitrogens is 1. The van der Waals surface area contributed by atoms with Gasteiger partial charge >= 0.3 is 0 Å². The maximum absolute atomic E-state index is 3.69. The maximum atomic E-state index is 3.69. The van der Waals surface area contributed by atoms with Crippen molar-refractivity contribution in [3.05, 3.63) is 35.0 Å². The van der Waals surface area contributed by atoms with Gasteiger partial charge in [-0.25, -0.2) is 0 Å². The van der Waals surface area contributed by atoms with Gasteiger partial charge in [0.15, 0.2) is 0 Å². The van der Waals surface area contributed by atoms with Gasteiger partial charge in [-0.3, -0.25) is 0 Å². The zero-order valence-corrected chi connectivity index (χ0v) is 11.0. The maximum Gasteiger partial charge on any atom is 0.0486 e. The van der Waals surface area contributed by atoms with Crippen molar-refractivity contribution in [1.29, 1.82) is 0 Å². The van der Waals surface area contributed by atoms with Crippen molar-refractivity contribution in [2.45, 2.75) is 45.2 Å². The third-order valence-corrected chi connectivity index (χ3v) is 4.66. The summed E-state index contributed by atoms with van der Waals surface area (Å²) in [6.07, 6.45) is 5.05. The molecular weight excluding hydrogens is 220 g/mol. The number of fused-ring (bicyclic) bond motifs is 3. The average Bonchev–Trinajstić information content (AvgIpc) is 2.76. The Kier molecular flexibility index (Phi) is 2.28. The van der Waals surface area contributed by atoms with Crippen molar-refractivity contribution in [2.24, 2.45) is 0 Å². The van der Waals surface area contributed by atoms with E-state index < -0.39 is 0 Å². The molecule has 1 aromatic carbocycles. The average molecular weight is 240 g/mol. The summed E-state index contributed by atoms with van der Waals surface area (Å²) in [5.74, 6) is 0. The number of rotatable bonds is 1. The van der Waals surface area contributed by atoms with Gasteiger partial charge in [0.25, 0.3) is 0 Å². The summed E-state index contributed by atoms with van der Waals surface area (Å²) < 4.78 is 2.57. The SMILES string of the molecule is CCc1ccc2c(c1)c1c3n2CCNC3CCC1. The molecule has 2 heteroatoms. The molecule has 1 N–H and O–H groups in total. The number of hydrogen-bond donors (Lipinski definition) is 1. The fraction of sp³-hybridized carbons (Fsp3) is 0.500. The third-order valence-electron chi connectivity index (χ3n) is 4.66. The molecule has 2 nitrogen and oxygen atoms in total. The van der Waals surface area contributed by atoms with Crippen molar-refractivity contribution in [3.8, 4) is 0 Å². The molecule has 1 aliphatic heterocycles. The summed E-state index contributed by atoms with van der Waals surface area (Å²) >= 11 is 0. The second kappa shape index (κ2) is 3.86. The van der Waals surface area contributed by atoms with Crippen molar-refractivity contribution >= 4 is 10.9 Å². The Labute approximate surface area is 108 Å². The summed E-state index contributed by atoms with van der Waals surface area (Å²) in [7, 11) is 0. The number of hydrogen-bond acceptors (Lipinski definition) is 1. The standard InChI is InChI=1S/C16H20N2/c1-2-11-6-7-15-13(10-11)12-4-3-5-14-16(12)18(15)9-8-17-14/h6-7,10,14,17H,2-5,8-9H2,1H3. The second-order valence-electron chi connectivity index (χ2n) is 5.62. The number of nitrogens with zero attached hydrogens (tertiary/aromatic N) is 1. The van der Waals surface area contributed by atoms with Crippen LogP contribution >= 0.6 is 0 Å². The van der Waals surface area contributed by atoms with Crippen LogP contribution in [0.1, 0.15) is 42.6 Å². The van der Waals surface area contributed by atoms with E-state index in [2.05, 4.69) is 35.0 Å². The van der Waals surface area contributed by atoms with E-state index in [-0.39, 0.29) is 0 Å². The third kappa shape index (κ3) is 1.33. The van der Waals surface area contributed by atoms with Crippen molar-refractivity contribution < 1.29 is 0 Å². The van der Waals surface area contributed by atoms with E-state index in [0.29, 0.717) is 6.04 Å². The monoisotopic (exact) mass is 240 g/mol. The molecule has 1 aromatic heterocycles. The molecule has 2 aromatic rings. The van der Waals surface area contributed by atoms with Crippen molar-refractivity contribution in [3.63, 3.8) is 0 Å². The van der Waals surface area contributed by atoms with Gasteiger partial charge in [-0.15, -0.1) is 0 Å². The Morgan fingerprint density at radius 2 is 2.33 bits per heavy atom. The number of benzene rings is 1. The fourth-order valence-corrected chi connectivity index (χ4v) is 3.78. The van der Waals surface area contributed by atoms with Crippen LogP contribution in [0.4, 0.5) is 0 Å². The Balaban J connectivity index is 2.05. The second-order valence-corrected chi connectivity index (χ2v) is 5.62. The molecular formula is C16H20N2. The highest BCUT2D eigenvalue weighted by Crippen LogP contribution is 2.39. The smallest absolute Gasteiger partial charge is 0.0486 e. The first-order valence-corrected chi connectivity index (χ1v) is 7.25. The summed E-state index contributed by atoms with van der Waals surface area (Å²) in [6, 6.07) is 7.68. The van der Waals surface area contributed by atoms with Crippen LogP contribution < -0.4 is 5.32 Å². The quantitative estimate of drug-likeness (QED) is 0.810. The van der Waals surface area contributed by atoms with Gasteiger partial charge in [-0.1, -0.05) is 13.0 Å². The first-order valence-electron chi connectivity index (χ1n) is 7.25. The highest BCUT2D eigenvalue weighted by molar-refractivity contribution is 5.87. The van der Waals surface area contributed by atoms with Crippen molar-refractivity contribution in [2.75, 3.05) is 6.54 Å². The van der Waals surface area contributed by atoms with Gasteiger partial charge in [0.1, 0.15) is 0 Å². The van der Waals surface area contributed by atoms with Gasteiger partial charge in [-0.2, -0.15) is 0 Å². The van der Waals surface area contributed by atoms with Crippen LogP contribution in [0.2, 0.25) is 0 Å². The molecule has 0 spiro atoms. The molecule has 1 unspecified atom stereocenters. The van der Waals surface area contributed by atoms with E-state index >= 15 is 0 Å². The lowest BCUT2D eigenvalue weighted by Crippen LogP contribution is -2.35. The molecule has 0 fully saturated rings. The largest absolute Gasteiger partial charge is 0.342 e. The summed E-state index contributed by atoms with van der Waals surface area (Å²) in [5.41, 5.74) is 6.15. The van der Waals surface area contributed by atoms with Crippen molar-refractivity contribution in [1.82, 2.24) is 9.88 Å². The van der Waals surface area contributed by atoms with E-state index in [1.807, 2.05) is 0 Å². The minimum Gasteiger partial charge on any atom is -0.342 e. The van der Waals surface area contributed by atoms with E-state index in [9.17, 15) is 0 Å². The molecule has 0 radical (unpaired) electrons. The molecule has 0 amide bonds. The highest BCUT2D eigenvalue weighted by atomic mass is 15.1. The van der Waals surface area contributed by atoms with E-state index in [1.54, 1.807) is 11.3 Å². The summed E-state index contributed by atoms with van der Waals surface area (Å²) in [5, 5.41) is 5.21.